The molecule has 1 aromatic carbocycles. The van der Waals surface area contributed by atoms with E-state index in [4.69, 9.17) is 0 Å². The summed E-state index contributed by atoms with van der Waals surface area (Å²) in [6.45, 7) is 2.81. The quantitative estimate of drug-likeness (QED) is 0.796. The zero-order valence-electron chi connectivity index (χ0n) is 11.5. The first-order valence-electron chi connectivity index (χ1n) is 7.21. The van der Waals surface area contributed by atoms with E-state index in [0.29, 0.717) is 0 Å². The van der Waals surface area contributed by atoms with Crippen LogP contribution in [0, 0.1) is 12.8 Å². The molecule has 1 aliphatic carbocycles. The number of rotatable bonds is 5. The largest absolute Gasteiger partial charge is 0.352 e. The molecule has 0 saturated heterocycles. The lowest BCUT2D eigenvalue weighted by Crippen LogP contribution is -2.25. The average Bonchev–Trinajstić information content (AvgIpc) is 2.87. The van der Waals surface area contributed by atoms with Gasteiger partial charge in [0, 0.05) is 11.0 Å². The van der Waals surface area contributed by atoms with Crippen molar-refractivity contribution in [1.82, 2.24) is 5.32 Å². The van der Waals surface area contributed by atoms with E-state index in [9.17, 15) is 4.79 Å². The fourth-order valence-electron chi connectivity index (χ4n) is 2.79. The van der Waals surface area contributed by atoms with Crippen LogP contribution in [-0.2, 0) is 0 Å². The van der Waals surface area contributed by atoms with Crippen LogP contribution >= 0.6 is 15.9 Å². The number of amides is 1. The van der Waals surface area contributed by atoms with Gasteiger partial charge < -0.3 is 5.32 Å². The van der Waals surface area contributed by atoms with Crippen LogP contribution in [0.2, 0.25) is 0 Å². The normalized spacial score (nSPS) is 15.7. The lowest BCUT2D eigenvalue weighted by Gasteiger charge is -2.10. The number of halogens is 1. The smallest absolute Gasteiger partial charge is 0.252 e. The Morgan fingerprint density at radius 3 is 2.79 bits per heavy atom. The number of carbonyl (C=O) groups excluding carboxylic acids is 1. The first-order chi connectivity index (χ1) is 9.16. The molecule has 1 aliphatic rings. The van der Waals surface area contributed by atoms with E-state index in [0.717, 1.165) is 34.5 Å². The van der Waals surface area contributed by atoms with Crippen molar-refractivity contribution in [3.05, 3.63) is 33.8 Å². The Bertz CT molecular complexity index is 438. The average molecular weight is 324 g/mol. The fraction of sp³-hybridized carbons (Fsp3) is 0.562. The van der Waals surface area contributed by atoms with Gasteiger partial charge in [0.2, 0.25) is 0 Å². The molecule has 0 atom stereocenters. The van der Waals surface area contributed by atoms with Crippen LogP contribution in [0.5, 0.6) is 0 Å². The molecule has 0 unspecified atom stereocenters. The summed E-state index contributed by atoms with van der Waals surface area (Å²) >= 11 is 3.45. The maximum atomic E-state index is 12.0. The topological polar surface area (TPSA) is 29.1 Å². The van der Waals surface area contributed by atoms with E-state index in [1.54, 1.807) is 0 Å². The summed E-state index contributed by atoms with van der Waals surface area (Å²) in [5, 5.41) is 3.01. The summed E-state index contributed by atoms with van der Waals surface area (Å²) in [5.41, 5.74) is 1.89. The van der Waals surface area contributed by atoms with Crippen LogP contribution in [-0.4, -0.2) is 12.5 Å². The first-order valence-corrected chi connectivity index (χ1v) is 8.00. The van der Waals surface area contributed by atoms with Crippen LogP contribution in [0.25, 0.3) is 0 Å². The SMILES string of the molecule is Cc1ccc(C(=O)NCCCC2CCCC2)c(Br)c1. The van der Waals surface area contributed by atoms with Crippen molar-refractivity contribution in [2.24, 2.45) is 5.92 Å². The van der Waals surface area contributed by atoms with E-state index in [1.807, 2.05) is 25.1 Å². The van der Waals surface area contributed by atoms with E-state index in [2.05, 4.69) is 21.2 Å². The number of hydrogen-bond acceptors (Lipinski definition) is 1. The van der Waals surface area contributed by atoms with Gasteiger partial charge in [0.05, 0.1) is 5.56 Å². The van der Waals surface area contributed by atoms with E-state index >= 15 is 0 Å². The lowest BCUT2D eigenvalue weighted by atomic mass is 10.0. The molecular formula is C16H22BrNO. The van der Waals surface area contributed by atoms with Crippen LogP contribution in [0.15, 0.2) is 22.7 Å². The van der Waals surface area contributed by atoms with Gasteiger partial charge in [-0.1, -0.05) is 31.7 Å². The molecule has 1 amide bonds. The third-order valence-electron chi connectivity index (χ3n) is 3.92. The van der Waals surface area contributed by atoms with Crippen molar-refractivity contribution in [3.63, 3.8) is 0 Å². The summed E-state index contributed by atoms with van der Waals surface area (Å²) in [4.78, 5) is 12.0. The second-order valence-corrected chi connectivity index (χ2v) is 6.39. The molecule has 1 fully saturated rings. The van der Waals surface area contributed by atoms with Gasteiger partial charge in [0.25, 0.3) is 5.91 Å². The maximum absolute atomic E-state index is 12.0. The van der Waals surface area contributed by atoms with Gasteiger partial charge in [-0.3, -0.25) is 4.79 Å². The third-order valence-corrected chi connectivity index (χ3v) is 4.57. The Hall–Kier alpha value is -0.830. The van der Waals surface area contributed by atoms with Crippen molar-refractivity contribution >= 4 is 21.8 Å². The number of carbonyl (C=O) groups is 1. The summed E-state index contributed by atoms with van der Waals surface area (Å²) in [6, 6.07) is 5.83. The van der Waals surface area contributed by atoms with E-state index in [1.165, 1.54) is 32.1 Å². The van der Waals surface area contributed by atoms with Gasteiger partial charge >= 0.3 is 0 Å². The van der Waals surface area contributed by atoms with Gasteiger partial charge in [-0.15, -0.1) is 0 Å². The second-order valence-electron chi connectivity index (χ2n) is 5.53. The fourth-order valence-corrected chi connectivity index (χ4v) is 3.46. The molecular weight excluding hydrogens is 302 g/mol. The molecule has 19 heavy (non-hydrogen) atoms. The first kappa shape index (κ1) is 14.6. The number of nitrogens with one attached hydrogen (secondary N) is 1. The molecule has 0 bridgehead atoms. The molecule has 0 heterocycles. The van der Waals surface area contributed by atoms with E-state index < -0.39 is 0 Å². The second kappa shape index (κ2) is 7.09. The minimum atomic E-state index is 0.0262. The van der Waals surface area contributed by atoms with Gasteiger partial charge in [0.1, 0.15) is 0 Å². The highest BCUT2D eigenvalue weighted by Crippen LogP contribution is 2.28. The molecule has 0 spiro atoms. The molecule has 1 aromatic rings. The highest BCUT2D eigenvalue weighted by atomic mass is 79.9. The maximum Gasteiger partial charge on any atom is 0.252 e. The zero-order chi connectivity index (χ0) is 13.7. The molecule has 104 valence electrons. The Morgan fingerprint density at radius 1 is 1.37 bits per heavy atom. The van der Waals surface area contributed by atoms with E-state index in [-0.39, 0.29) is 5.91 Å². The zero-order valence-corrected chi connectivity index (χ0v) is 13.1. The van der Waals surface area contributed by atoms with Gasteiger partial charge in [-0.25, -0.2) is 0 Å². The van der Waals surface area contributed by atoms with Crippen LogP contribution < -0.4 is 5.32 Å². The minimum absolute atomic E-state index is 0.0262. The van der Waals surface area contributed by atoms with Gasteiger partial charge in [-0.05, 0) is 59.3 Å². The number of hydrogen-bond donors (Lipinski definition) is 1. The molecule has 0 aromatic heterocycles. The molecule has 1 N–H and O–H groups in total. The van der Waals surface area contributed by atoms with Crippen LogP contribution in [0.1, 0.15) is 54.4 Å². The molecule has 3 heteroatoms. The Labute approximate surface area is 124 Å². The van der Waals surface area contributed by atoms with Crippen molar-refractivity contribution in [3.8, 4) is 0 Å². The number of benzene rings is 1. The summed E-state index contributed by atoms with van der Waals surface area (Å²) in [5.74, 6) is 0.932. The molecule has 2 rings (SSSR count). The number of aryl methyl sites for hydroxylation is 1. The Balaban J connectivity index is 1.74. The Kier molecular flexibility index (Phi) is 5.44. The highest BCUT2D eigenvalue weighted by molar-refractivity contribution is 9.10. The minimum Gasteiger partial charge on any atom is -0.352 e. The summed E-state index contributed by atoms with van der Waals surface area (Å²) in [7, 11) is 0. The van der Waals surface area contributed by atoms with Crippen molar-refractivity contribution in [2.75, 3.05) is 6.54 Å². The van der Waals surface area contributed by atoms with Gasteiger partial charge in [-0.2, -0.15) is 0 Å². The summed E-state index contributed by atoms with van der Waals surface area (Å²) in [6.07, 6.45) is 7.92. The standard InChI is InChI=1S/C16H22BrNO/c1-12-8-9-14(15(17)11-12)16(19)18-10-4-7-13-5-2-3-6-13/h8-9,11,13H,2-7,10H2,1H3,(H,18,19). The predicted molar refractivity (Wildman–Crippen MR) is 82.4 cm³/mol. The Morgan fingerprint density at radius 2 is 2.11 bits per heavy atom. The molecule has 0 radical (unpaired) electrons. The van der Waals surface area contributed by atoms with Crippen LogP contribution in [0.4, 0.5) is 0 Å². The molecule has 0 aliphatic heterocycles. The lowest BCUT2D eigenvalue weighted by molar-refractivity contribution is 0.0951. The van der Waals surface area contributed by atoms with Crippen molar-refractivity contribution in [2.45, 2.75) is 45.4 Å². The third kappa shape index (κ3) is 4.34. The molecule has 2 nitrogen and oxygen atoms in total. The highest BCUT2D eigenvalue weighted by Gasteiger charge is 2.14. The predicted octanol–water partition coefficient (Wildman–Crippen LogP) is 4.46. The molecule has 1 saturated carbocycles. The monoisotopic (exact) mass is 323 g/mol. The van der Waals surface area contributed by atoms with Crippen molar-refractivity contribution < 1.29 is 4.79 Å². The van der Waals surface area contributed by atoms with Gasteiger partial charge in [0.15, 0.2) is 0 Å². The summed E-state index contributed by atoms with van der Waals surface area (Å²) < 4.78 is 0.876. The van der Waals surface area contributed by atoms with Crippen LogP contribution in [0.3, 0.4) is 0 Å². The van der Waals surface area contributed by atoms with Crippen molar-refractivity contribution in [1.29, 1.82) is 0 Å².